The van der Waals surface area contributed by atoms with Gasteiger partial charge in [-0.15, -0.1) is 0 Å². The summed E-state index contributed by atoms with van der Waals surface area (Å²) in [7, 11) is 0. The van der Waals surface area contributed by atoms with E-state index in [2.05, 4.69) is 25.7 Å². The molecule has 0 aliphatic carbocycles. The van der Waals surface area contributed by atoms with Crippen LogP contribution in [0, 0.1) is 17.2 Å². The fraction of sp³-hybridized carbons (Fsp3) is 0.444. The van der Waals surface area contributed by atoms with Crippen LogP contribution in [0.4, 0.5) is 15.8 Å². The number of benzene rings is 3. The van der Waals surface area contributed by atoms with Gasteiger partial charge in [0, 0.05) is 48.6 Å². The molecule has 3 heterocycles. The van der Waals surface area contributed by atoms with Gasteiger partial charge >= 0.3 is 5.97 Å². The van der Waals surface area contributed by atoms with Crippen LogP contribution in [0.1, 0.15) is 66.3 Å². The van der Waals surface area contributed by atoms with Crippen LogP contribution in [-0.4, -0.2) is 68.0 Å². The molecule has 2 saturated heterocycles. The normalized spacial score (nSPS) is 17.4. The molecule has 11 heteroatoms. The zero-order valence-corrected chi connectivity index (χ0v) is 28.5. The Morgan fingerprint density at radius 2 is 1.64 bits per heavy atom. The Labute approximate surface area is 284 Å². The minimum atomic E-state index is -1.21. The largest absolute Gasteiger partial charge is 0.478 e. The first-order chi connectivity index (χ1) is 22.4. The number of aromatic carboxylic acids is 1. The van der Waals surface area contributed by atoms with E-state index in [1.54, 1.807) is 18.2 Å². The van der Waals surface area contributed by atoms with Crippen molar-refractivity contribution in [3.8, 4) is 16.9 Å². The predicted molar refractivity (Wildman–Crippen MR) is 183 cm³/mol. The minimum absolute atomic E-state index is 0.0936. The molecule has 0 spiro atoms. The number of carbonyl (C=O) groups excluding carboxylic acids is 1. The van der Waals surface area contributed by atoms with Gasteiger partial charge in [0.15, 0.2) is 6.73 Å². The molecular weight excluding hydrogens is 644 g/mol. The van der Waals surface area contributed by atoms with Gasteiger partial charge in [-0.2, -0.15) is 0 Å². The maximum Gasteiger partial charge on any atom is 0.337 e. The van der Waals surface area contributed by atoms with Crippen molar-refractivity contribution in [2.24, 2.45) is 11.3 Å². The van der Waals surface area contributed by atoms with Crippen LogP contribution in [0.25, 0.3) is 11.1 Å². The molecule has 2 fully saturated rings. The highest BCUT2D eigenvalue weighted by Crippen LogP contribution is 2.41. The van der Waals surface area contributed by atoms with Gasteiger partial charge in [0.1, 0.15) is 11.6 Å². The van der Waals surface area contributed by atoms with E-state index in [1.807, 2.05) is 23.1 Å². The molecule has 0 saturated carbocycles. The summed E-state index contributed by atoms with van der Waals surface area (Å²) in [5, 5.41) is 10.4. The monoisotopic (exact) mass is 683 g/mol. The average molecular weight is 685 g/mol. The number of nitrogens with zero attached hydrogens (tertiary/aromatic N) is 3. The number of fused-ring (bicyclic) bond motifs is 1. The average Bonchev–Trinajstić information content (AvgIpc) is 3.03. The molecule has 3 aliphatic rings. The minimum Gasteiger partial charge on any atom is -0.478 e. The summed E-state index contributed by atoms with van der Waals surface area (Å²) in [6, 6.07) is 11.6. The maximum atomic E-state index is 15.5. The number of halogens is 3. The lowest BCUT2D eigenvalue weighted by Gasteiger charge is -2.36. The van der Waals surface area contributed by atoms with Crippen molar-refractivity contribution in [3.63, 3.8) is 0 Å². The molecule has 0 aromatic heterocycles. The molecule has 1 N–H and O–H groups in total. The number of amides is 1. The summed E-state index contributed by atoms with van der Waals surface area (Å²) < 4.78 is 27.1. The van der Waals surface area contributed by atoms with Gasteiger partial charge in [0.2, 0.25) is 0 Å². The number of carbonyl (C=O) groups is 2. The fourth-order valence-electron chi connectivity index (χ4n) is 6.99. The van der Waals surface area contributed by atoms with E-state index in [9.17, 15) is 14.7 Å². The van der Waals surface area contributed by atoms with Crippen molar-refractivity contribution in [1.29, 1.82) is 0 Å². The number of anilines is 2. The Bertz CT molecular complexity index is 1660. The van der Waals surface area contributed by atoms with Crippen molar-refractivity contribution < 1.29 is 28.6 Å². The molecule has 0 unspecified atom stereocenters. The number of carboxylic acids is 1. The fourth-order valence-corrected chi connectivity index (χ4v) is 7.62. The lowest BCUT2D eigenvalue weighted by molar-refractivity contribution is 0.0516. The zero-order valence-electron chi connectivity index (χ0n) is 27.0. The molecule has 3 aliphatic heterocycles. The third-order valence-corrected chi connectivity index (χ3v) is 9.79. The van der Waals surface area contributed by atoms with Crippen LogP contribution >= 0.6 is 23.2 Å². The van der Waals surface area contributed by atoms with Crippen molar-refractivity contribution >= 4 is 46.5 Å². The topological polar surface area (TPSA) is 82.5 Å². The molecule has 8 nitrogen and oxygen atoms in total. The van der Waals surface area contributed by atoms with E-state index >= 15 is 4.39 Å². The van der Waals surface area contributed by atoms with Gasteiger partial charge in [-0.25, -0.2) is 9.18 Å². The molecule has 0 atom stereocenters. The second kappa shape index (κ2) is 13.5. The van der Waals surface area contributed by atoms with Gasteiger partial charge in [-0.1, -0.05) is 62.2 Å². The second-order valence-electron chi connectivity index (χ2n) is 13.8. The second-order valence-corrected chi connectivity index (χ2v) is 14.6. The Morgan fingerprint density at radius 1 is 0.957 bits per heavy atom. The lowest BCUT2D eigenvalue weighted by Crippen LogP contribution is -2.38. The van der Waals surface area contributed by atoms with Crippen LogP contribution in [0.3, 0.4) is 0 Å². The van der Waals surface area contributed by atoms with E-state index in [4.69, 9.17) is 32.7 Å². The number of carboxylic acid groups (broad SMARTS) is 1. The van der Waals surface area contributed by atoms with Crippen LogP contribution in [0.15, 0.2) is 42.5 Å². The van der Waals surface area contributed by atoms with Crippen LogP contribution < -0.4 is 14.5 Å². The van der Waals surface area contributed by atoms with E-state index in [0.29, 0.717) is 60.2 Å². The third-order valence-electron chi connectivity index (χ3n) is 9.19. The van der Waals surface area contributed by atoms with Crippen molar-refractivity contribution in [2.45, 2.75) is 46.6 Å². The summed E-state index contributed by atoms with van der Waals surface area (Å²) in [4.78, 5) is 31.5. The quantitative estimate of drug-likeness (QED) is 0.282. The first-order valence-electron chi connectivity index (χ1n) is 16.1. The highest BCUT2D eigenvalue weighted by atomic mass is 35.5. The van der Waals surface area contributed by atoms with Gasteiger partial charge < -0.3 is 29.3 Å². The number of rotatable bonds is 6. The summed E-state index contributed by atoms with van der Waals surface area (Å²) >= 11 is 13.5. The highest BCUT2D eigenvalue weighted by molar-refractivity contribution is 6.40. The van der Waals surface area contributed by atoms with E-state index in [-0.39, 0.29) is 45.9 Å². The van der Waals surface area contributed by atoms with Gasteiger partial charge in [0.05, 0.1) is 46.6 Å². The first kappa shape index (κ1) is 33.4. The number of para-hydroxylation sites is 1. The summed E-state index contributed by atoms with van der Waals surface area (Å²) in [6.07, 6.45) is 3.39. The van der Waals surface area contributed by atoms with Crippen LogP contribution in [0.5, 0.6) is 5.75 Å². The molecule has 3 aromatic carbocycles. The van der Waals surface area contributed by atoms with Gasteiger partial charge in [-0.05, 0) is 54.9 Å². The Kier molecular flexibility index (Phi) is 9.61. The Morgan fingerprint density at radius 3 is 2.28 bits per heavy atom. The number of piperidine rings is 1. The molecule has 0 bridgehead atoms. The van der Waals surface area contributed by atoms with Crippen molar-refractivity contribution in [1.82, 2.24) is 4.90 Å². The van der Waals surface area contributed by atoms with Crippen LogP contribution in [0.2, 0.25) is 10.0 Å². The number of hydrogen-bond acceptors (Lipinski definition) is 6. The smallest absolute Gasteiger partial charge is 0.337 e. The third kappa shape index (κ3) is 7.17. The van der Waals surface area contributed by atoms with E-state index in [1.165, 1.54) is 11.3 Å². The first-order valence-corrected chi connectivity index (χ1v) is 16.8. The zero-order chi connectivity index (χ0) is 33.5. The molecule has 0 radical (unpaired) electrons. The molecule has 3 aromatic rings. The number of ether oxygens (including phenoxy) is 2. The van der Waals surface area contributed by atoms with E-state index < -0.39 is 11.8 Å². The Balaban J connectivity index is 1.21. The maximum absolute atomic E-state index is 15.5. The van der Waals surface area contributed by atoms with E-state index in [0.717, 1.165) is 37.7 Å². The predicted octanol–water partition coefficient (Wildman–Crippen LogP) is 7.98. The van der Waals surface area contributed by atoms with Crippen molar-refractivity contribution in [3.05, 3.63) is 75.0 Å². The van der Waals surface area contributed by atoms with Gasteiger partial charge in [-0.3, -0.25) is 4.79 Å². The van der Waals surface area contributed by atoms with Gasteiger partial charge in [0.25, 0.3) is 5.91 Å². The molecule has 1 amide bonds. The molecule has 47 heavy (non-hydrogen) atoms. The summed E-state index contributed by atoms with van der Waals surface area (Å²) in [5.74, 6) is -1.12. The Hall–Kier alpha value is -3.53. The molecule has 250 valence electrons. The molecular formula is C36H40Cl2FN3O5. The lowest BCUT2D eigenvalue weighted by atomic mass is 9.80. The van der Waals surface area contributed by atoms with Crippen molar-refractivity contribution in [2.75, 3.05) is 55.9 Å². The van der Waals surface area contributed by atoms with Crippen LogP contribution in [-0.2, 0) is 11.3 Å². The highest BCUT2D eigenvalue weighted by Gasteiger charge is 2.31. The summed E-state index contributed by atoms with van der Waals surface area (Å²) in [5.41, 5.74) is 3.11. The SMILES string of the molecule is CC(C)(C)CC1CCN(c2cc(Cl)c(C(=O)N3COc4c(cccc4-c4cc(N5CCOCC5)c(C(=O)O)cc4F)C3)c(Cl)c2)CC1. The standard InChI is InChI=1S/C36H40Cl2FN3O5/c1-36(2,3)19-22-7-9-40(10-8-22)24-15-28(37)32(29(38)16-24)34(43)42-20-23-5-4-6-25(33(23)47-21-42)26-18-31(41-11-13-46-14-12-41)27(35(44)45)17-30(26)39/h4-6,15-18,22H,7-14,19-21H2,1-3H3,(H,44,45). The molecule has 6 rings (SSSR count). The summed E-state index contributed by atoms with van der Waals surface area (Å²) in [6.45, 7) is 10.7. The number of morpholine rings is 1. The number of hydrogen-bond donors (Lipinski definition) is 1.